The molecule has 0 saturated carbocycles. The van der Waals surface area contributed by atoms with E-state index in [2.05, 4.69) is 20.9 Å². The SMILES string of the molecule is O=C(O)c1cc(C(O)C(O)CCBr)cnc1F. The molecule has 1 aromatic heterocycles. The first kappa shape index (κ1) is 14.0. The number of aromatic carboxylic acids is 1. The van der Waals surface area contributed by atoms with Gasteiger partial charge in [0.25, 0.3) is 0 Å². The summed E-state index contributed by atoms with van der Waals surface area (Å²) in [5.74, 6) is -2.59. The van der Waals surface area contributed by atoms with E-state index in [1.165, 1.54) is 0 Å². The fraction of sp³-hybridized carbons (Fsp3) is 0.400. The van der Waals surface area contributed by atoms with Gasteiger partial charge in [0.1, 0.15) is 11.7 Å². The number of carbonyl (C=O) groups is 1. The number of hydrogen-bond acceptors (Lipinski definition) is 4. The number of rotatable bonds is 5. The zero-order valence-electron chi connectivity index (χ0n) is 8.68. The summed E-state index contributed by atoms with van der Waals surface area (Å²) in [4.78, 5) is 13.9. The molecule has 17 heavy (non-hydrogen) atoms. The van der Waals surface area contributed by atoms with Crippen LogP contribution >= 0.6 is 15.9 Å². The number of aromatic nitrogens is 1. The summed E-state index contributed by atoms with van der Waals surface area (Å²) < 4.78 is 13.0. The molecule has 0 aromatic carbocycles. The van der Waals surface area contributed by atoms with Gasteiger partial charge in [0.2, 0.25) is 5.95 Å². The molecule has 0 spiro atoms. The molecule has 7 heteroatoms. The Labute approximate surface area is 105 Å². The molecular formula is C10H11BrFNO4. The van der Waals surface area contributed by atoms with Gasteiger partial charge in [-0.15, -0.1) is 0 Å². The summed E-state index contributed by atoms with van der Waals surface area (Å²) in [5.41, 5.74) is -0.565. The van der Waals surface area contributed by atoms with Crippen LogP contribution in [0.3, 0.4) is 0 Å². The summed E-state index contributed by atoms with van der Waals surface area (Å²) in [7, 11) is 0. The lowest BCUT2D eigenvalue weighted by Gasteiger charge is -2.17. The maximum atomic E-state index is 13.0. The Bertz CT molecular complexity index is 415. The highest BCUT2D eigenvalue weighted by atomic mass is 79.9. The molecule has 0 saturated heterocycles. The molecule has 1 aromatic rings. The molecule has 0 amide bonds. The highest BCUT2D eigenvalue weighted by Crippen LogP contribution is 2.20. The molecule has 0 aliphatic rings. The normalized spacial score (nSPS) is 14.4. The number of aliphatic hydroxyl groups excluding tert-OH is 2. The fourth-order valence-corrected chi connectivity index (χ4v) is 1.74. The maximum absolute atomic E-state index is 13.0. The predicted octanol–water partition coefficient (Wildman–Crippen LogP) is 1.10. The maximum Gasteiger partial charge on any atom is 0.340 e. The number of nitrogens with zero attached hydrogens (tertiary/aromatic N) is 1. The molecule has 5 nitrogen and oxygen atoms in total. The van der Waals surface area contributed by atoms with E-state index >= 15 is 0 Å². The van der Waals surface area contributed by atoms with Gasteiger partial charge < -0.3 is 15.3 Å². The smallest absolute Gasteiger partial charge is 0.340 e. The minimum Gasteiger partial charge on any atom is -0.478 e. The van der Waals surface area contributed by atoms with Gasteiger partial charge in [0.05, 0.1) is 6.10 Å². The number of carboxylic acid groups (broad SMARTS) is 1. The van der Waals surface area contributed by atoms with E-state index in [1.807, 2.05) is 0 Å². The Morgan fingerprint density at radius 3 is 2.71 bits per heavy atom. The number of hydrogen-bond donors (Lipinski definition) is 3. The van der Waals surface area contributed by atoms with E-state index in [-0.39, 0.29) is 12.0 Å². The molecule has 0 aliphatic carbocycles. The molecule has 3 N–H and O–H groups in total. The zero-order chi connectivity index (χ0) is 13.0. The van der Waals surface area contributed by atoms with E-state index in [1.54, 1.807) is 0 Å². The van der Waals surface area contributed by atoms with E-state index in [0.717, 1.165) is 12.3 Å². The highest BCUT2D eigenvalue weighted by molar-refractivity contribution is 9.09. The average Bonchev–Trinajstić information content (AvgIpc) is 2.28. The minimum absolute atomic E-state index is 0.0669. The van der Waals surface area contributed by atoms with Crippen molar-refractivity contribution in [1.82, 2.24) is 4.98 Å². The van der Waals surface area contributed by atoms with Crippen LogP contribution < -0.4 is 0 Å². The fourth-order valence-electron chi connectivity index (χ4n) is 1.27. The van der Waals surface area contributed by atoms with Crippen LogP contribution in [0, 0.1) is 5.95 Å². The Morgan fingerprint density at radius 1 is 1.53 bits per heavy atom. The Morgan fingerprint density at radius 2 is 2.18 bits per heavy atom. The molecule has 0 bridgehead atoms. The lowest BCUT2D eigenvalue weighted by molar-refractivity contribution is 0.0170. The molecule has 0 radical (unpaired) electrons. The average molecular weight is 308 g/mol. The summed E-state index contributed by atoms with van der Waals surface area (Å²) >= 11 is 3.10. The van der Waals surface area contributed by atoms with Gasteiger partial charge in [-0.2, -0.15) is 4.39 Å². The molecule has 2 unspecified atom stereocenters. The number of aliphatic hydroxyl groups is 2. The number of alkyl halides is 1. The molecule has 1 heterocycles. The van der Waals surface area contributed by atoms with Crippen LogP contribution in [0.2, 0.25) is 0 Å². The first-order valence-electron chi connectivity index (χ1n) is 4.78. The van der Waals surface area contributed by atoms with Crippen LogP contribution in [0.4, 0.5) is 4.39 Å². The van der Waals surface area contributed by atoms with Crippen molar-refractivity contribution in [2.24, 2.45) is 0 Å². The third-order valence-electron chi connectivity index (χ3n) is 2.20. The molecule has 0 fully saturated rings. The molecule has 94 valence electrons. The summed E-state index contributed by atoms with van der Waals surface area (Å²) in [6.45, 7) is 0. The van der Waals surface area contributed by atoms with Gasteiger partial charge in [-0.05, 0) is 12.5 Å². The van der Waals surface area contributed by atoms with Crippen molar-refractivity contribution >= 4 is 21.9 Å². The van der Waals surface area contributed by atoms with Crippen molar-refractivity contribution in [3.05, 3.63) is 29.3 Å². The Balaban J connectivity index is 2.99. The van der Waals surface area contributed by atoms with Gasteiger partial charge in [0, 0.05) is 17.1 Å². The monoisotopic (exact) mass is 307 g/mol. The predicted molar refractivity (Wildman–Crippen MR) is 60.5 cm³/mol. The first-order chi connectivity index (χ1) is 7.97. The van der Waals surface area contributed by atoms with E-state index in [4.69, 9.17) is 5.11 Å². The second-order valence-corrected chi connectivity index (χ2v) is 4.20. The lowest BCUT2D eigenvalue weighted by atomic mass is 10.0. The van der Waals surface area contributed by atoms with Crippen LogP contribution in [0.1, 0.15) is 28.4 Å². The van der Waals surface area contributed by atoms with Gasteiger partial charge in [0.15, 0.2) is 0 Å². The van der Waals surface area contributed by atoms with Crippen LogP contribution in [0.5, 0.6) is 0 Å². The van der Waals surface area contributed by atoms with E-state index in [9.17, 15) is 19.4 Å². The standard InChI is InChI=1S/C10H11BrFNO4/c11-2-1-7(14)8(15)5-3-6(10(16)17)9(12)13-4-5/h3-4,7-8,14-15H,1-2H2,(H,16,17). The molecule has 2 atom stereocenters. The van der Waals surface area contributed by atoms with Gasteiger partial charge >= 0.3 is 5.97 Å². The highest BCUT2D eigenvalue weighted by Gasteiger charge is 2.21. The summed E-state index contributed by atoms with van der Waals surface area (Å²) in [6, 6.07) is 0.965. The minimum atomic E-state index is -1.47. The quantitative estimate of drug-likeness (QED) is 0.560. The number of pyridine rings is 1. The van der Waals surface area contributed by atoms with Gasteiger partial charge in [-0.1, -0.05) is 15.9 Å². The van der Waals surface area contributed by atoms with Crippen molar-refractivity contribution < 1.29 is 24.5 Å². The van der Waals surface area contributed by atoms with Crippen molar-refractivity contribution in [2.45, 2.75) is 18.6 Å². The first-order valence-corrected chi connectivity index (χ1v) is 5.90. The third kappa shape index (κ3) is 3.45. The van der Waals surface area contributed by atoms with Gasteiger partial charge in [-0.25, -0.2) is 9.78 Å². The van der Waals surface area contributed by atoms with Crippen molar-refractivity contribution in [1.29, 1.82) is 0 Å². The number of carboxylic acids is 1. The van der Waals surface area contributed by atoms with Crippen LogP contribution in [-0.2, 0) is 0 Å². The third-order valence-corrected chi connectivity index (χ3v) is 2.66. The topological polar surface area (TPSA) is 90.7 Å². The van der Waals surface area contributed by atoms with Crippen LogP contribution in [-0.4, -0.2) is 37.7 Å². The lowest BCUT2D eigenvalue weighted by Crippen LogP contribution is -2.19. The molecule has 0 aliphatic heterocycles. The van der Waals surface area contributed by atoms with Crippen molar-refractivity contribution in [3.63, 3.8) is 0 Å². The Hall–Kier alpha value is -1.05. The molecule has 1 rings (SSSR count). The second kappa shape index (κ2) is 6.04. The van der Waals surface area contributed by atoms with E-state index < -0.39 is 29.7 Å². The van der Waals surface area contributed by atoms with E-state index in [0.29, 0.717) is 5.33 Å². The molecular weight excluding hydrogens is 297 g/mol. The number of halogens is 2. The van der Waals surface area contributed by atoms with Gasteiger partial charge in [-0.3, -0.25) is 0 Å². The zero-order valence-corrected chi connectivity index (χ0v) is 10.3. The van der Waals surface area contributed by atoms with Crippen molar-refractivity contribution in [2.75, 3.05) is 5.33 Å². The second-order valence-electron chi connectivity index (χ2n) is 3.40. The summed E-state index contributed by atoms with van der Waals surface area (Å²) in [6.07, 6.45) is -1.08. The van der Waals surface area contributed by atoms with Crippen LogP contribution in [0.15, 0.2) is 12.3 Å². The largest absolute Gasteiger partial charge is 0.478 e. The Kier molecular flexibility index (Phi) is 4.98. The summed E-state index contributed by atoms with van der Waals surface area (Å²) in [5, 5.41) is 28.4. The van der Waals surface area contributed by atoms with Crippen LogP contribution in [0.25, 0.3) is 0 Å². The van der Waals surface area contributed by atoms with Crippen molar-refractivity contribution in [3.8, 4) is 0 Å².